The van der Waals surface area contributed by atoms with E-state index in [0.29, 0.717) is 11.6 Å². The van der Waals surface area contributed by atoms with Crippen LogP contribution in [-0.4, -0.2) is 34.6 Å². The van der Waals surface area contributed by atoms with Gasteiger partial charge in [0.2, 0.25) is 11.8 Å². The standard InChI is InChI=1S/C21H24BrClN2O2S/c1-14(2)24-21(27)15(3)25(12-16-4-6-17(22)7-5-16)20(26)13-28-19-10-8-18(23)9-11-19/h4-11,14-15H,12-13H2,1-3H3,(H,24,27). The summed E-state index contributed by atoms with van der Waals surface area (Å²) in [5, 5.41) is 3.55. The third kappa shape index (κ3) is 7.15. The number of nitrogens with zero attached hydrogens (tertiary/aromatic N) is 1. The van der Waals surface area contributed by atoms with Crippen LogP contribution in [-0.2, 0) is 16.1 Å². The van der Waals surface area contributed by atoms with Crippen LogP contribution in [0.1, 0.15) is 26.3 Å². The predicted octanol–water partition coefficient (Wildman–Crippen LogP) is 5.14. The molecule has 2 aromatic rings. The molecule has 4 nitrogen and oxygen atoms in total. The number of benzene rings is 2. The molecule has 0 aliphatic rings. The Hall–Kier alpha value is -1.50. The van der Waals surface area contributed by atoms with Crippen molar-refractivity contribution in [1.82, 2.24) is 10.2 Å². The lowest BCUT2D eigenvalue weighted by molar-refractivity contribution is -0.138. The van der Waals surface area contributed by atoms with E-state index < -0.39 is 6.04 Å². The minimum Gasteiger partial charge on any atom is -0.352 e. The van der Waals surface area contributed by atoms with Gasteiger partial charge in [0.25, 0.3) is 0 Å². The third-order valence-electron chi connectivity index (χ3n) is 4.04. The molecule has 7 heteroatoms. The van der Waals surface area contributed by atoms with E-state index >= 15 is 0 Å². The summed E-state index contributed by atoms with van der Waals surface area (Å²) in [6.07, 6.45) is 0. The van der Waals surface area contributed by atoms with Crippen LogP contribution in [0.4, 0.5) is 0 Å². The van der Waals surface area contributed by atoms with Crippen LogP contribution in [0, 0.1) is 0 Å². The van der Waals surface area contributed by atoms with E-state index in [9.17, 15) is 9.59 Å². The van der Waals surface area contributed by atoms with Crippen LogP contribution in [0.25, 0.3) is 0 Å². The Labute approximate surface area is 184 Å². The van der Waals surface area contributed by atoms with Crippen LogP contribution in [0.15, 0.2) is 57.9 Å². The number of carbonyl (C=O) groups is 2. The Morgan fingerprint density at radius 3 is 2.25 bits per heavy atom. The quantitative estimate of drug-likeness (QED) is 0.529. The number of amides is 2. The fraction of sp³-hybridized carbons (Fsp3) is 0.333. The molecule has 0 aliphatic heterocycles. The first-order chi connectivity index (χ1) is 13.3. The smallest absolute Gasteiger partial charge is 0.242 e. The summed E-state index contributed by atoms with van der Waals surface area (Å²) in [5.74, 6) is 0.00325. The lowest BCUT2D eigenvalue weighted by Gasteiger charge is -2.29. The largest absolute Gasteiger partial charge is 0.352 e. The molecule has 0 saturated carbocycles. The van der Waals surface area contributed by atoms with Crippen LogP contribution in [0.5, 0.6) is 0 Å². The highest BCUT2D eigenvalue weighted by Gasteiger charge is 2.26. The Morgan fingerprint density at radius 1 is 1.07 bits per heavy atom. The van der Waals surface area contributed by atoms with Gasteiger partial charge in [0.15, 0.2) is 0 Å². The molecule has 0 bridgehead atoms. The van der Waals surface area contributed by atoms with Gasteiger partial charge in [-0.15, -0.1) is 11.8 Å². The molecule has 0 spiro atoms. The van der Waals surface area contributed by atoms with Crippen LogP contribution in [0.3, 0.4) is 0 Å². The molecule has 0 saturated heterocycles. The van der Waals surface area contributed by atoms with Gasteiger partial charge in [-0.25, -0.2) is 0 Å². The van der Waals surface area contributed by atoms with E-state index in [-0.39, 0.29) is 23.6 Å². The Balaban J connectivity index is 2.12. The molecule has 0 heterocycles. The first-order valence-corrected chi connectivity index (χ1v) is 11.1. The summed E-state index contributed by atoms with van der Waals surface area (Å²) in [5.41, 5.74) is 0.970. The highest BCUT2D eigenvalue weighted by atomic mass is 79.9. The highest BCUT2D eigenvalue weighted by Crippen LogP contribution is 2.22. The molecule has 28 heavy (non-hydrogen) atoms. The summed E-state index contributed by atoms with van der Waals surface area (Å²) in [6, 6.07) is 14.6. The maximum atomic E-state index is 13.0. The fourth-order valence-electron chi connectivity index (χ4n) is 2.53. The molecule has 150 valence electrons. The van der Waals surface area contributed by atoms with Gasteiger partial charge in [0.05, 0.1) is 5.75 Å². The van der Waals surface area contributed by atoms with Crippen LogP contribution < -0.4 is 5.32 Å². The van der Waals surface area contributed by atoms with E-state index in [1.807, 2.05) is 50.2 Å². The Kier molecular flexibility index (Phi) is 8.86. The number of carbonyl (C=O) groups excluding carboxylic acids is 2. The van der Waals surface area contributed by atoms with Crippen molar-refractivity contribution in [2.75, 3.05) is 5.75 Å². The summed E-state index contributed by atoms with van der Waals surface area (Å²) < 4.78 is 0.970. The first kappa shape index (κ1) is 22.8. The van der Waals surface area contributed by atoms with Crippen molar-refractivity contribution < 1.29 is 9.59 Å². The lowest BCUT2D eigenvalue weighted by Crippen LogP contribution is -2.49. The maximum Gasteiger partial charge on any atom is 0.242 e. The van der Waals surface area contributed by atoms with Crippen molar-refractivity contribution in [3.8, 4) is 0 Å². The number of rotatable bonds is 8. The Morgan fingerprint density at radius 2 is 1.68 bits per heavy atom. The topological polar surface area (TPSA) is 49.4 Å². The normalized spacial score (nSPS) is 11.9. The molecular weight excluding hydrogens is 460 g/mol. The minimum absolute atomic E-state index is 0.0167. The van der Waals surface area contributed by atoms with E-state index in [0.717, 1.165) is 14.9 Å². The number of halogens is 2. The molecule has 1 unspecified atom stereocenters. The second-order valence-corrected chi connectivity index (χ2v) is 9.13. The number of nitrogens with one attached hydrogen (secondary N) is 1. The van der Waals surface area contributed by atoms with Crippen molar-refractivity contribution in [3.05, 3.63) is 63.6 Å². The summed E-state index contributed by atoms with van der Waals surface area (Å²) in [4.78, 5) is 28.1. The van der Waals surface area contributed by atoms with Crippen molar-refractivity contribution in [3.63, 3.8) is 0 Å². The third-order valence-corrected chi connectivity index (χ3v) is 5.82. The minimum atomic E-state index is -0.565. The molecule has 0 radical (unpaired) electrons. The number of hydrogen-bond acceptors (Lipinski definition) is 3. The van der Waals surface area contributed by atoms with Gasteiger partial charge in [-0.2, -0.15) is 0 Å². The molecule has 2 rings (SSSR count). The highest BCUT2D eigenvalue weighted by molar-refractivity contribution is 9.10. The van der Waals surface area contributed by atoms with Crippen molar-refractivity contribution in [2.24, 2.45) is 0 Å². The van der Waals surface area contributed by atoms with Crippen LogP contribution >= 0.6 is 39.3 Å². The number of hydrogen-bond donors (Lipinski definition) is 1. The zero-order valence-corrected chi connectivity index (χ0v) is 19.3. The molecule has 0 fully saturated rings. The van der Waals surface area contributed by atoms with Gasteiger partial charge >= 0.3 is 0 Å². The number of thioether (sulfide) groups is 1. The second kappa shape index (κ2) is 10.9. The zero-order chi connectivity index (χ0) is 20.7. The lowest BCUT2D eigenvalue weighted by atomic mass is 10.1. The Bertz CT molecular complexity index is 797. The summed E-state index contributed by atoms with van der Waals surface area (Å²) >= 11 is 10.8. The van der Waals surface area contributed by atoms with Gasteiger partial charge in [0.1, 0.15) is 6.04 Å². The summed E-state index contributed by atoms with van der Waals surface area (Å²) in [7, 11) is 0. The SMILES string of the molecule is CC(C)NC(=O)C(C)N(Cc1ccc(Br)cc1)C(=O)CSc1ccc(Cl)cc1. The molecule has 2 amide bonds. The predicted molar refractivity (Wildman–Crippen MR) is 120 cm³/mol. The molecule has 0 aliphatic carbocycles. The second-order valence-electron chi connectivity index (χ2n) is 6.73. The maximum absolute atomic E-state index is 13.0. The molecule has 1 N–H and O–H groups in total. The summed E-state index contributed by atoms with van der Waals surface area (Å²) in [6.45, 7) is 5.95. The van der Waals surface area contributed by atoms with Gasteiger partial charge in [-0.05, 0) is 62.7 Å². The van der Waals surface area contributed by atoms with Crippen LogP contribution in [0.2, 0.25) is 5.02 Å². The first-order valence-electron chi connectivity index (χ1n) is 8.99. The van der Waals surface area contributed by atoms with Gasteiger partial charge in [0, 0.05) is 27.0 Å². The average Bonchev–Trinajstić information content (AvgIpc) is 2.65. The van der Waals surface area contributed by atoms with Gasteiger partial charge < -0.3 is 10.2 Å². The molecular formula is C21H24BrClN2O2S. The van der Waals surface area contributed by atoms with E-state index in [2.05, 4.69) is 21.2 Å². The molecule has 2 aromatic carbocycles. The van der Waals surface area contributed by atoms with E-state index in [1.54, 1.807) is 24.0 Å². The molecule has 0 aromatic heterocycles. The monoisotopic (exact) mass is 482 g/mol. The molecule has 1 atom stereocenters. The average molecular weight is 484 g/mol. The fourth-order valence-corrected chi connectivity index (χ4v) is 3.71. The van der Waals surface area contributed by atoms with Crippen molar-refractivity contribution in [1.29, 1.82) is 0 Å². The van der Waals surface area contributed by atoms with Crippen molar-refractivity contribution in [2.45, 2.75) is 44.3 Å². The van der Waals surface area contributed by atoms with E-state index in [4.69, 9.17) is 11.6 Å². The van der Waals surface area contributed by atoms with Crippen molar-refractivity contribution >= 4 is 51.1 Å². The zero-order valence-electron chi connectivity index (χ0n) is 16.1. The van der Waals surface area contributed by atoms with Gasteiger partial charge in [-0.1, -0.05) is 39.7 Å². The van der Waals surface area contributed by atoms with Gasteiger partial charge in [-0.3, -0.25) is 9.59 Å². The van der Waals surface area contributed by atoms with E-state index in [1.165, 1.54) is 11.8 Å².